The molecule has 1 amide bonds. The largest absolute Gasteiger partial charge is 0.483 e. The van der Waals surface area contributed by atoms with Crippen molar-refractivity contribution in [2.75, 3.05) is 19.6 Å². The lowest BCUT2D eigenvalue weighted by Gasteiger charge is -2.44. The van der Waals surface area contributed by atoms with Gasteiger partial charge in [0.2, 0.25) is 0 Å². The summed E-state index contributed by atoms with van der Waals surface area (Å²) in [5.74, 6) is 0.457. The van der Waals surface area contributed by atoms with Crippen molar-refractivity contribution in [1.82, 2.24) is 20.4 Å². The fraction of sp³-hybridized carbons (Fsp3) is 0.412. The Kier molecular flexibility index (Phi) is 4.95. The van der Waals surface area contributed by atoms with Crippen molar-refractivity contribution in [2.45, 2.75) is 18.9 Å². The van der Waals surface area contributed by atoms with Gasteiger partial charge in [-0.3, -0.25) is 14.7 Å². The molecule has 3 saturated heterocycles. The molecule has 3 fully saturated rings. The number of fused-ring (bicyclic) bond motifs is 4. The van der Waals surface area contributed by atoms with Crippen LogP contribution in [-0.2, 0) is 4.79 Å². The number of aromatic amines is 1. The van der Waals surface area contributed by atoms with Crippen molar-refractivity contribution in [3.05, 3.63) is 29.5 Å². The molecule has 3 aliphatic heterocycles. The lowest BCUT2D eigenvalue weighted by atomic mass is 9.84. The fourth-order valence-electron chi connectivity index (χ4n) is 3.63. The number of nitrogens with zero attached hydrogens (tertiary/aromatic N) is 3. The molecule has 8 nitrogen and oxygen atoms in total. The highest BCUT2D eigenvalue weighted by Crippen LogP contribution is 2.28. The molecule has 5 rings (SSSR count). The average Bonchev–Trinajstić information content (AvgIpc) is 3.06. The number of nitriles is 1. The molecule has 0 unspecified atom stereocenters. The molecule has 130 valence electrons. The Balaban J connectivity index is 0.000000569. The monoisotopic (exact) mass is 341 g/mol. The number of benzene rings is 1. The van der Waals surface area contributed by atoms with Gasteiger partial charge < -0.3 is 15.3 Å². The van der Waals surface area contributed by atoms with Crippen LogP contribution in [0, 0.1) is 17.2 Å². The van der Waals surface area contributed by atoms with Crippen LogP contribution in [0.5, 0.6) is 0 Å². The van der Waals surface area contributed by atoms with E-state index in [1.165, 1.54) is 0 Å². The maximum Gasteiger partial charge on any atom is 0.290 e. The standard InChI is InChI=1S/C16H17N5O.CH2O2/c17-8-10-1-2-12-13(7-10)19-20-15(12)16(22)18-14-9-21-5-3-11(14)4-6-21;2-1-3/h1-2,7,11,14H,3-6,9H2,(H,18,22)(H,19,20);1H,(H,2,3)/t14-;/m0./s1. The molecule has 1 atom stereocenters. The number of carbonyl (C=O) groups excluding carboxylic acids is 1. The second kappa shape index (κ2) is 7.32. The van der Waals surface area contributed by atoms with Crippen LogP contribution in [-0.4, -0.2) is 58.3 Å². The van der Waals surface area contributed by atoms with Crippen LogP contribution in [0.25, 0.3) is 10.9 Å². The zero-order valence-corrected chi connectivity index (χ0v) is 13.6. The van der Waals surface area contributed by atoms with E-state index < -0.39 is 0 Å². The predicted molar refractivity (Wildman–Crippen MR) is 89.9 cm³/mol. The van der Waals surface area contributed by atoms with Gasteiger partial charge >= 0.3 is 0 Å². The second-order valence-electron chi connectivity index (χ2n) is 6.27. The SMILES string of the molecule is N#Cc1ccc2c(C(=O)N[C@H]3CN4CCC3CC4)n[nH]c2c1.O=CO. The Morgan fingerprint density at radius 1 is 1.44 bits per heavy atom. The Labute approximate surface area is 144 Å². The van der Waals surface area contributed by atoms with Crippen molar-refractivity contribution in [3.63, 3.8) is 0 Å². The summed E-state index contributed by atoms with van der Waals surface area (Å²) in [5, 5.41) is 26.7. The number of carboxylic acid groups (broad SMARTS) is 1. The van der Waals surface area contributed by atoms with Crippen LogP contribution in [0.2, 0.25) is 0 Å². The van der Waals surface area contributed by atoms with Crippen molar-refractivity contribution >= 4 is 23.3 Å². The maximum absolute atomic E-state index is 12.5. The summed E-state index contributed by atoms with van der Waals surface area (Å²) in [6, 6.07) is 7.52. The molecule has 1 aromatic carbocycles. The number of hydrogen-bond donors (Lipinski definition) is 3. The molecule has 3 aliphatic rings. The Bertz CT molecular complexity index is 817. The van der Waals surface area contributed by atoms with Gasteiger partial charge in [0, 0.05) is 18.0 Å². The lowest BCUT2D eigenvalue weighted by Crippen LogP contribution is -2.57. The van der Waals surface area contributed by atoms with Gasteiger partial charge in [-0.25, -0.2) is 0 Å². The molecule has 1 aromatic heterocycles. The van der Waals surface area contributed by atoms with Gasteiger partial charge in [0.25, 0.3) is 12.4 Å². The van der Waals surface area contributed by atoms with Crippen LogP contribution in [0.4, 0.5) is 0 Å². The highest BCUT2D eigenvalue weighted by Gasteiger charge is 2.35. The number of H-pyrrole nitrogens is 1. The van der Waals surface area contributed by atoms with Gasteiger partial charge in [0.1, 0.15) is 0 Å². The summed E-state index contributed by atoms with van der Waals surface area (Å²) in [7, 11) is 0. The summed E-state index contributed by atoms with van der Waals surface area (Å²) in [6.07, 6.45) is 2.33. The van der Waals surface area contributed by atoms with Crippen LogP contribution >= 0.6 is 0 Å². The number of hydrogen-bond acceptors (Lipinski definition) is 5. The van der Waals surface area contributed by atoms with E-state index >= 15 is 0 Å². The normalized spacial score (nSPS) is 24.0. The molecule has 2 bridgehead atoms. The minimum Gasteiger partial charge on any atom is -0.483 e. The van der Waals surface area contributed by atoms with E-state index in [-0.39, 0.29) is 18.4 Å². The molecule has 0 saturated carbocycles. The van der Waals surface area contributed by atoms with E-state index in [1.807, 2.05) is 0 Å². The summed E-state index contributed by atoms with van der Waals surface area (Å²) >= 11 is 0. The lowest BCUT2D eigenvalue weighted by molar-refractivity contribution is -0.122. The van der Waals surface area contributed by atoms with E-state index in [4.69, 9.17) is 15.2 Å². The van der Waals surface area contributed by atoms with Crippen LogP contribution in [0.1, 0.15) is 28.9 Å². The third-order valence-electron chi connectivity index (χ3n) is 4.88. The summed E-state index contributed by atoms with van der Waals surface area (Å²) in [4.78, 5) is 23.3. The second-order valence-corrected chi connectivity index (χ2v) is 6.27. The first-order valence-corrected chi connectivity index (χ1v) is 8.15. The zero-order chi connectivity index (χ0) is 17.8. The van der Waals surface area contributed by atoms with E-state index in [9.17, 15) is 4.79 Å². The molecular weight excluding hydrogens is 322 g/mol. The summed E-state index contributed by atoms with van der Waals surface area (Å²) < 4.78 is 0. The molecule has 4 heterocycles. The van der Waals surface area contributed by atoms with E-state index in [0.717, 1.165) is 43.4 Å². The van der Waals surface area contributed by atoms with Gasteiger partial charge in [-0.05, 0) is 50.0 Å². The smallest absolute Gasteiger partial charge is 0.290 e. The van der Waals surface area contributed by atoms with Gasteiger partial charge in [-0.1, -0.05) is 0 Å². The van der Waals surface area contributed by atoms with Gasteiger partial charge in [-0.15, -0.1) is 0 Å². The molecule has 0 aliphatic carbocycles. The predicted octanol–water partition coefficient (Wildman–Crippen LogP) is 0.959. The molecular formula is C17H19N5O3. The van der Waals surface area contributed by atoms with E-state index in [1.54, 1.807) is 18.2 Å². The molecule has 0 radical (unpaired) electrons. The molecule has 0 spiro atoms. The number of carbonyl (C=O) groups is 2. The van der Waals surface area contributed by atoms with Crippen molar-refractivity contribution in [3.8, 4) is 6.07 Å². The molecule has 8 heteroatoms. The number of aromatic nitrogens is 2. The highest BCUT2D eigenvalue weighted by atomic mass is 16.3. The number of piperidine rings is 3. The third kappa shape index (κ3) is 3.46. The van der Waals surface area contributed by atoms with Gasteiger partial charge in [0.05, 0.1) is 17.1 Å². The average molecular weight is 341 g/mol. The van der Waals surface area contributed by atoms with Crippen molar-refractivity contribution < 1.29 is 14.7 Å². The number of rotatable bonds is 2. The topological polar surface area (TPSA) is 122 Å². The van der Waals surface area contributed by atoms with E-state index in [0.29, 0.717) is 17.2 Å². The Hall–Kier alpha value is -2.92. The van der Waals surface area contributed by atoms with Crippen LogP contribution in [0.15, 0.2) is 18.2 Å². The molecule has 3 N–H and O–H groups in total. The van der Waals surface area contributed by atoms with E-state index in [2.05, 4.69) is 26.5 Å². The fourth-order valence-corrected chi connectivity index (χ4v) is 3.63. The highest BCUT2D eigenvalue weighted by molar-refractivity contribution is 6.05. The van der Waals surface area contributed by atoms with Gasteiger partial charge in [-0.2, -0.15) is 10.4 Å². The minimum absolute atomic E-state index is 0.130. The minimum atomic E-state index is -0.250. The Morgan fingerprint density at radius 2 is 2.16 bits per heavy atom. The van der Waals surface area contributed by atoms with Crippen LogP contribution in [0.3, 0.4) is 0 Å². The first-order valence-electron chi connectivity index (χ1n) is 8.15. The van der Waals surface area contributed by atoms with Gasteiger partial charge in [0.15, 0.2) is 5.69 Å². The Morgan fingerprint density at radius 3 is 2.76 bits per heavy atom. The quantitative estimate of drug-likeness (QED) is 0.699. The molecule has 2 aromatic rings. The molecule has 25 heavy (non-hydrogen) atoms. The van der Waals surface area contributed by atoms with Crippen LogP contribution < -0.4 is 5.32 Å². The number of nitrogens with one attached hydrogen (secondary N) is 2. The number of amides is 1. The third-order valence-corrected chi connectivity index (χ3v) is 4.88. The summed E-state index contributed by atoms with van der Waals surface area (Å²) in [5.41, 5.74) is 1.69. The zero-order valence-electron chi connectivity index (χ0n) is 13.6. The summed E-state index contributed by atoms with van der Waals surface area (Å²) in [6.45, 7) is 3.00. The first kappa shape index (κ1) is 16.9. The van der Waals surface area contributed by atoms with Crippen molar-refractivity contribution in [1.29, 1.82) is 5.26 Å². The first-order chi connectivity index (χ1) is 12.2. The maximum atomic E-state index is 12.5. The van der Waals surface area contributed by atoms with Crippen molar-refractivity contribution in [2.24, 2.45) is 5.92 Å².